The molecule has 2 aromatic rings. The molecule has 21 heavy (non-hydrogen) atoms. The molecule has 0 radical (unpaired) electrons. The number of amidine groups is 1. The van der Waals surface area contributed by atoms with Crippen LogP contribution in [0.25, 0.3) is 0 Å². The maximum atomic E-state index is 12.4. The molecule has 0 saturated heterocycles. The van der Waals surface area contributed by atoms with Gasteiger partial charge < -0.3 is 10.9 Å². The third kappa shape index (κ3) is 3.32. The second-order valence-electron chi connectivity index (χ2n) is 4.45. The van der Waals surface area contributed by atoms with Gasteiger partial charge in [-0.1, -0.05) is 29.4 Å². The summed E-state index contributed by atoms with van der Waals surface area (Å²) in [7, 11) is -3.74. The van der Waals surface area contributed by atoms with Crippen LogP contribution >= 0.6 is 0 Å². The van der Waals surface area contributed by atoms with Gasteiger partial charge in [-0.2, -0.15) is 0 Å². The van der Waals surface area contributed by atoms with Crippen molar-refractivity contribution in [3.05, 3.63) is 59.7 Å². The van der Waals surface area contributed by atoms with Gasteiger partial charge in [0.1, 0.15) is 0 Å². The van der Waals surface area contributed by atoms with Gasteiger partial charge in [0.2, 0.25) is 0 Å². The van der Waals surface area contributed by atoms with E-state index in [1.165, 1.54) is 6.07 Å². The zero-order valence-electron chi connectivity index (χ0n) is 11.3. The van der Waals surface area contributed by atoms with Crippen LogP contribution in [0, 0.1) is 6.92 Å². The van der Waals surface area contributed by atoms with Crippen molar-refractivity contribution in [3.8, 4) is 0 Å². The molecule has 4 N–H and O–H groups in total. The second-order valence-corrected chi connectivity index (χ2v) is 6.14. The van der Waals surface area contributed by atoms with E-state index in [-0.39, 0.29) is 16.4 Å². The molecule has 0 saturated carbocycles. The van der Waals surface area contributed by atoms with Crippen molar-refractivity contribution >= 4 is 21.5 Å². The van der Waals surface area contributed by atoms with Crippen molar-refractivity contribution in [2.24, 2.45) is 10.9 Å². The molecule has 0 fully saturated rings. The topological polar surface area (TPSA) is 105 Å². The summed E-state index contributed by atoms with van der Waals surface area (Å²) in [5.41, 5.74) is 6.92. The van der Waals surface area contributed by atoms with Crippen LogP contribution in [0.5, 0.6) is 0 Å². The minimum Gasteiger partial charge on any atom is -0.409 e. The van der Waals surface area contributed by atoms with E-state index >= 15 is 0 Å². The van der Waals surface area contributed by atoms with Gasteiger partial charge in [0, 0.05) is 5.56 Å². The first-order valence-corrected chi connectivity index (χ1v) is 7.59. The average Bonchev–Trinajstić information content (AvgIpc) is 2.46. The van der Waals surface area contributed by atoms with Crippen molar-refractivity contribution in [1.29, 1.82) is 0 Å². The Balaban J connectivity index is 2.43. The van der Waals surface area contributed by atoms with Crippen LogP contribution in [0.4, 0.5) is 5.69 Å². The van der Waals surface area contributed by atoms with Gasteiger partial charge in [-0.25, -0.2) is 8.42 Å². The fourth-order valence-electron chi connectivity index (χ4n) is 1.84. The van der Waals surface area contributed by atoms with Crippen molar-refractivity contribution in [2.45, 2.75) is 11.8 Å². The van der Waals surface area contributed by atoms with Gasteiger partial charge in [-0.05, 0) is 36.8 Å². The Bertz CT molecular complexity index is 786. The van der Waals surface area contributed by atoms with Crippen molar-refractivity contribution in [3.63, 3.8) is 0 Å². The SMILES string of the molecule is Cc1cccc(S(=O)(=O)Nc2ccccc2/C(N)=N/O)c1. The molecule has 0 heterocycles. The number of hydrogen-bond donors (Lipinski definition) is 3. The van der Waals surface area contributed by atoms with Crippen molar-refractivity contribution in [2.75, 3.05) is 4.72 Å². The number of hydrogen-bond acceptors (Lipinski definition) is 4. The summed E-state index contributed by atoms with van der Waals surface area (Å²) in [6, 6.07) is 13.0. The van der Waals surface area contributed by atoms with Crippen LogP contribution in [0.2, 0.25) is 0 Å². The van der Waals surface area contributed by atoms with Gasteiger partial charge in [-0.15, -0.1) is 0 Å². The molecule has 0 spiro atoms. The highest BCUT2D eigenvalue weighted by Gasteiger charge is 2.17. The Morgan fingerprint density at radius 1 is 1.19 bits per heavy atom. The highest BCUT2D eigenvalue weighted by molar-refractivity contribution is 7.92. The third-order valence-corrected chi connectivity index (χ3v) is 4.22. The van der Waals surface area contributed by atoms with E-state index in [1.807, 2.05) is 13.0 Å². The van der Waals surface area contributed by atoms with E-state index in [2.05, 4.69) is 9.88 Å². The number of para-hydroxylation sites is 1. The third-order valence-electron chi connectivity index (χ3n) is 2.85. The Kier molecular flexibility index (Phi) is 4.13. The standard InChI is InChI=1S/C14H15N3O3S/c1-10-5-4-6-11(9-10)21(19,20)17-13-8-3-2-7-12(13)14(15)16-18/h2-9,17-18H,1H3,(H2,15,16). The minimum atomic E-state index is -3.74. The lowest BCUT2D eigenvalue weighted by Gasteiger charge is -2.12. The fraction of sp³-hybridized carbons (Fsp3) is 0.0714. The molecule has 0 aliphatic rings. The quantitative estimate of drug-likeness (QED) is 0.347. The number of nitrogens with zero attached hydrogens (tertiary/aromatic N) is 1. The summed E-state index contributed by atoms with van der Waals surface area (Å²) < 4.78 is 27.2. The number of anilines is 1. The molecule has 0 aliphatic heterocycles. The van der Waals surface area contributed by atoms with Crippen LogP contribution in [-0.4, -0.2) is 19.5 Å². The van der Waals surface area contributed by atoms with Gasteiger partial charge in [0.05, 0.1) is 10.6 Å². The van der Waals surface area contributed by atoms with Crippen LogP contribution in [0.1, 0.15) is 11.1 Å². The highest BCUT2D eigenvalue weighted by atomic mass is 32.2. The van der Waals surface area contributed by atoms with Gasteiger partial charge in [0.25, 0.3) is 10.0 Å². The van der Waals surface area contributed by atoms with E-state index in [0.717, 1.165) is 5.56 Å². The second kappa shape index (κ2) is 5.84. The normalized spacial score (nSPS) is 12.1. The molecule has 2 aromatic carbocycles. The Morgan fingerprint density at radius 2 is 1.90 bits per heavy atom. The molecule has 0 amide bonds. The monoisotopic (exact) mass is 305 g/mol. The maximum Gasteiger partial charge on any atom is 0.261 e. The molecule has 0 atom stereocenters. The number of aryl methyl sites for hydroxylation is 1. The number of oxime groups is 1. The van der Waals surface area contributed by atoms with Gasteiger partial charge >= 0.3 is 0 Å². The average molecular weight is 305 g/mol. The first-order chi connectivity index (χ1) is 9.94. The summed E-state index contributed by atoms with van der Waals surface area (Å²) >= 11 is 0. The van der Waals surface area contributed by atoms with Gasteiger partial charge in [0.15, 0.2) is 5.84 Å². The van der Waals surface area contributed by atoms with E-state index < -0.39 is 10.0 Å². The molecular formula is C14H15N3O3S. The van der Waals surface area contributed by atoms with E-state index in [1.54, 1.807) is 36.4 Å². The van der Waals surface area contributed by atoms with Crippen molar-refractivity contribution in [1.82, 2.24) is 0 Å². The van der Waals surface area contributed by atoms with E-state index in [0.29, 0.717) is 5.56 Å². The number of nitrogens with one attached hydrogen (secondary N) is 1. The number of benzene rings is 2. The molecule has 2 rings (SSSR count). The zero-order valence-corrected chi connectivity index (χ0v) is 12.1. The van der Waals surface area contributed by atoms with E-state index in [9.17, 15) is 8.42 Å². The van der Waals surface area contributed by atoms with Crippen LogP contribution in [-0.2, 0) is 10.0 Å². The largest absolute Gasteiger partial charge is 0.409 e. The molecule has 6 nitrogen and oxygen atoms in total. The highest BCUT2D eigenvalue weighted by Crippen LogP contribution is 2.20. The molecule has 7 heteroatoms. The van der Waals surface area contributed by atoms with Crippen LogP contribution < -0.4 is 10.5 Å². The maximum absolute atomic E-state index is 12.4. The molecule has 0 bridgehead atoms. The summed E-state index contributed by atoms with van der Waals surface area (Å²) in [4.78, 5) is 0.150. The first-order valence-electron chi connectivity index (χ1n) is 6.10. The minimum absolute atomic E-state index is 0.150. The first kappa shape index (κ1) is 14.9. The smallest absolute Gasteiger partial charge is 0.261 e. The molecule has 110 valence electrons. The Morgan fingerprint density at radius 3 is 2.57 bits per heavy atom. The van der Waals surface area contributed by atoms with Gasteiger partial charge in [-0.3, -0.25) is 4.72 Å². The molecule has 0 unspecified atom stereocenters. The number of nitrogens with two attached hydrogens (primary N) is 1. The van der Waals surface area contributed by atoms with Crippen molar-refractivity contribution < 1.29 is 13.6 Å². The lowest BCUT2D eigenvalue weighted by Crippen LogP contribution is -2.19. The summed E-state index contributed by atoms with van der Waals surface area (Å²) in [5.74, 6) is -0.169. The van der Waals surface area contributed by atoms with Crippen LogP contribution in [0.15, 0.2) is 58.6 Å². The molecule has 0 aromatic heterocycles. The number of rotatable bonds is 4. The number of sulfonamides is 1. The lowest BCUT2D eigenvalue weighted by molar-refractivity contribution is 0.318. The predicted octanol–water partition coefficient (Wildman–Crippen LogP) is 1.89. The Labute approximate surface area is 123 Å². The predicted molar refractivity (Wildman–Crippen MR) is 80.9 cm³/mol. The molecule has 0 aliphatic carbocycles. The molecular weight excluding hydrogens is 290 g/mol. The summed E-state index contributed by atoms with van der Waals surface area (Å²) in [6.45, 7) is 1.81. The lowest BCUT2D eigenvalue weighted by atomic mass is 10.2. The fourth-order valence-corrected chi connectivity index (χ4v) is 3.02. The Hall–Kier alpha value is -2.54. The summed E-state index contributed by atoms with van der Waals surface area (Å²) in [5, 5.41) is 11.6. The summed E-state index contributed by atoms with van der Waals surface area (Å²) in [6.07, 6.45) is 0. The van der Waals surface area contributed by atoms with Crippen LogP contribution in [0.3, 0.4) is 0 Å². The zero-order chi connectivity index (χ0) is 15.5. The van der Waals surface area contributed by atoms with E-state index in [4.69, 9.17) is 10.9 Å².